The van der Waals surface area contributed by atoms with Crippen molar-refractivity contribution < 1.29 is 18.8 Å². The molecule has 2 rings (SSSR count). The number of amides is 3. The predicted molar refractivity (Wildman–Crippen MR) is 94.5 cm³/mol. The Bertz CT molecular complexity index is 604. The number of rotatable bonds is 8. The number of likely N-dealkylation sites (tertiary alicyclic amines) is 1. The summed E-state index contributed by atoms with van der Waals surface area (Å²) in [5.41, 5.74) is 0. The standard InChI is InChI=1S/C17H29N5O4/c1-12(2)18-17(24)22-9-5-6-13(22)16-19-14(26-20-16)7-8-15(23)21(3)10-11-25-4/h12-13H,5-11H2,1-4H3,(H,18,24). The third-order valence-electron chi connectivity index (χ3n) is 4.32. The highest BCUT2D eigenvalue weighted by Crippen LogP contribution is 2.30. The average molecular weight is 367 g/mol. The zero-order valence-electron chi connectivity index (χ0n) is 16.0. The van der Waals surface area contributed by atoms with Gasteiger partial charge in [0.15, 0.2) is 5.82 Å². The van der Waals surface area contributed by atoms with Crippen molar-refractivity contribution in [2.75, 3.05) is 33.9 Å². The number of ether oxygens (including phenoxy) is 1. The first kappa shape index (κ1) is 20.2. The Hall–Kier alpha value is -2.16. The maximum Gasteiger partial charge on any atom is 0.318 e. The number of urea groups is 1. The van der Waals surface area contributed by atoms with Crippen LogP contribution in [-0.2, 0) is 16.0 Å². The summed E-state index contributed by atoms with van der Waals surface area (Å²) in [5, 5.41) is 6.93. The molecule has 1 aliphatic heterocycles. The quantitative estimate of drug-likeness (QED) is 0.744. The molecule has 3 amide bonds. The monoisotopic (exact) mass is 367 g/mol. The Morgan fingerprint density at radius 3 is 2.92 bits per heavy atom. The zero-order chi connectivity index (χ0) is 19.1. The first-order valence-corrected chi connectivity index (χ1v) is 9.05. The number of carbonyl (C=O) groups is 2. The molecule has 1 fully saturated rings. The van der Waals surface area contributed by atoms with Crippen molar-refractivity contribution >= 4 is 11.9 Å². The van der Waals surface area contributed by atoms with Gasteiger partial charge in [0.05, 0.1) is 12.6 Å². The van der Waals surface area contributed by atoms with Crippen LogP contribution in [0.4, 0.5) is 4.79 Å². The van der Waals surface area contributed by atoms with Crippen LogP contribution < -0.4 is 5.32 Å². The second-order valence-electron chi connectivity index (χ2n) is 6.81. The summed E-state index contributed by atoms with van der Waals surface area (Å²) in [7, 11) is 3.34. The van der Waals surface area contributed by atoms with Crippen LogP contribution in [0.5, 0.6) is 0 Å². The lowest BCUT2D eigenvalue weighted by Gasteiger charge is -2.23. The van der Waals surface area contributed by atoms with Gasteiger partial charge in [-0.15, -0.1) is 0 Å². The summed E-state index contributed by atoms with van der Waals surface area (Å²) < 4.78 is 10.2. The lowest BCUT2D eigenvalue weighted by atomic mass is 10.2. The molecule has 26 heavy (non-hydrogen) atoms. The number of nitrogens with one attached hydrogen (secondary N) is 1. The van der Waals surface area contributed by atoms with Gasteiger partial charge in [0, 0.05) is 46.1 Å². The van der Waals surface area contributed by atoms with Gasteiger partial charge < -0.3 is 24.4 Å². The number of likely N-dealkylation sites (N-methyl/N-ethyl adjacent to an activating group) is 1. The van der Waals surface area contributed by atoms with Crippen LogP contribution in [0, 0.1) is 0 Å². The summed E-state index contributed by atoms with van der Waals surface area (Å²) in [6, 6.07) is -0.208. The fourth-order valence-corrected chi connectivity index (χ4v) is 2.87. The second-order valence-corrected chi connectivity index (χ2v) is 6.81. The first-order valence-electron chi connectivity index (χ1n) is 9.05. The molecule has 0 aromatic carbocycles. The molecule has 0 spiro atoms. The van der Waals surface area contributed by atoms with Gasteiger partial charge in [0.2, 0.25) is 11.8 Å². The van der Waals surface area contributed by atoms with Gasteiger partial charge in [-0.25, -0.2) is 4.79 Å². The van der Waals surface area contributed by atoms with Crippen molar-refractivity contribution in [1.29, 1.82) is 0 Å². The maximum atomic E-state index is 12.3. The minimum absolute atomic E-state index is 0.000559. The molecule has 1 aromatic heterocycles. The number of hydrogen-bond acceptors (Lipinski definition) is 6. The summed E-state index contributed by atoms with van der Waals surface area (Å²) >= 11 is 0. The third-order valence-corrected chi connectivity index (χ3v) is 4.32. The van der Waals surface area contributed by atoms with Crippen molar-refractivity contribution in [3.05, 3.63) is 11.7 Å². The maximum absolute atomic E-state index is 12.3. The highest BCUT2D eigenvalue weighted by atomic mass is 16.5. The summed E-state index contributed by atoms with van der Waals surface area (Å²) in [6.45, 7) is 5.58. The van der Waals surface area contributed by atoms with Crippen LogP contribution >= 0.6 is 0 Å². The molecule has 1 unspecified atom stereocenters. The molecule has 9 heteroatoms. The van der Waals surface area contributed by atoms with E-state index in [9.17, 15) is 9.59 Å². The smallest absolute Gasteiger partial charge is 0.318 e. The van der Waals surface area contributed by atoms with Crippen LogP contribution in [0.15, 0.2) is 4.52 Å². The van der Waals surface area contributed by atoms with E-state index in [1.807, 2.05) is 13.8 Å². The van der Waals surface area contributed by atoms with Gasteiger partial charge in [-0.3, -0.25) is 4.79 Å². The van der Waals surface area contributed by atoms with Crippen molar-refractivity contribution in [3.63, 3.8) is 0 Å². The second kappa shape index (κ2) is 9.51. The van der Waals surface area contributed by atoms with Crippen molar-refractivity contribution in [2.24, 2.45) is 0 Å². The van der Waals surface area contributed by atoms with E-state index in [0.717, 1.165) is 12.8 Å². The number of methoxy groups -OCH3 is 1. The van der Waals surface area contributed by atoms with E-state index in [1.165, 1.54) is 0 Å². The highest BCUT2D eigenvalue weighted by molar-refractivity contribution is 5.76. The minimum atomic E-state index is -0.175. The van der Waals surface area contributed by atoms with E-state index in [1.54, 1.807) is 24.0 Å². The van der Waals surface area contributed by atoms with E-state index in [2.05, 4.69) is 15.5 Å². The van der Waals surface area contributed by atoms with Gasteiger partial charge in [-0.1, -0.05) is 5.16 Å². The first-order chi connectivity index (χ1) is 12.4. The third kappa shape index (κ3) is 5.42. The van der Waals surface area contributed by atoms with E-state index in [4.69, 9.17) is 9.26 Å². The largest absolute Gasteiger partial charge is 0.383 e. The molecule has 1 N–H and O–H groups in total. The van der Waals surface area contributed by atoms with Crippen LogP contribution in [0.3, 0.4) is 0 Å². The van der Waals surface area contributed by atoms with Crippen molar-refractivity contribution in [1.82, 2.24) is 25.3 Å². The summed E-state index contributed by atoms with van der Waals surface area (Å²) in [4.78, 5) is 32.1. The molecule has 2 heterocycles. The summed E-state index contributed by atoms with van der Waals surface area (Å²) in [6.07, 6.45) is 2.39. The average Bonchev–Trinajstić information content (AvgIpc) is 3.25. The fourth-order valence-electron chi connectivity index (χ4n) is 2.87. The van der Waals surface area contributed by atoms with E-state index >= 15 is 0 Å². The molecule has 1 saturated heterocycles. The molecule has 146 valence electrons. The van der Waals surface area contributed by atoms with Gasteiger partial charge in [-0.05, 0) is 26.7 Å². The Kier molecular flexibility index (Phi) is 7.38. The molecule has 1 atom stereocenters. The minimum Gasteiger partial charge on any atom is -0.383 e. The number of aryl methyl sites for hydroxylation is 1. The van der Waals surface area contributed by atoms with E-state index < -0.39 is 0 Å². The number of hydrogen-bond donors (Lipinski definition) is 1. The van der Waals surface area contributed by atoms with Crippen molar-refractivity contribution in [2.45, 2.75) is 51.6 Å². The molecule has 1 aromatic rings. The number of nitrogens with zero attached hydrogens (tertiary/aromatic N) is 4. The van der Waals surface area contributed by atoms with Gasteiger partial charge >= 0.3 is 6.03 Å². The van der Waals surface area contributed by atoms with Gasteiger partial charge in [-0.2, -0.15) is 4.98 Å². The molecule has 0 bridgehead atoms. The van der Waals surface area contributed by atoms with E-state index in [0.29, 0.717) is 44.3 Å². The summed E-state index contributed by atoms with van der Waals surface area (Å²) in [5.74, 6) is 0.932. The Morgan fingerprint density at radius 1 is 1.46 bits per heavy atom. The topological polar surface area (TPSA) is 101 Å². The lowest BCUT2D eigenvalue weighted by Crippen LogP contribution is -2.42. The Morgan fingerprint density at radius 2 is 2.23 bits per heavy atom. The fraction of sp³-hybridized carbons (Fsp3) is 0.765. The predicted octanol–water partition coefficient (Wildman–Crippen LogP) is 1.36. The zero-order valence-corrected chi connectivity index (χ0v) is 16.0. The molecule has 9 nitrogen and oxygen atoms in total. The Balaban J connectivity index is 1.90. The lowest BCUT2D eigenvalue weighted by molar-refractivity contribution is -0.130. The SMILES string of the molecule is COCCN(C)C(=O)CCc1nc(C2CCCN2C(=O)NC(C)C)no1. The highest BCUT2D eigenvalue weighted by Gasteiger charge is 2.33. The molecule has 1 aliphatic rings. The molecule has 0 radical (unpaired) electrons. The number of aromatic nitrogens is 2. The van der Waals surface area contributed by atoms with E-state index in [-0.39, 0.29) is 24.0 Å². The van der Waals surface area contributed by atoms with Crippen LogP contribution in [-0.4, -0.2) is 71.8 Å². The Labute approximate surface area is 154 Å². The van der Waals surface area contributed by atoms with Crippen LogP contribution in [0.25, 0.3) is 0 Å². The molecular formula is C17H29N5O4. The van der Waals surface area contributed by atoms with Gasteiger partial charge in [0.25, 0.3) is 0 Å². The van der Waals surface area contributed by atoms with Crippen LogP contribution in [0.1, 0.15) is 50.9 Å². The number of carbonyl (C=O) groups excluding carboxylic acids is 2. The van der Waals surface area contributed by atoms with Gasteiger partial charge in [0.1, 0.15) is 0 Å². The van der Waals surface area contributed by atoms with Crippen molar-refractivity contribution in [3.8, 4) is 0 Å². The normalized spacial score (nSPS) is 17.0. The molecule has 0 aliphatic carbocycles. The molecular weight excluding hydrogens is 338 g/mol. The molecule has 0 saturated carbocycles. The van der Waals surface area contributed by atoms with Crippen LogP contribution in [0.2, 0.25) is 0 Å².